The number of alkyl carbamates (subject to hydrolysis) is 1. The van der Waals surface area contributed by atoms with Crippen LogP contribution in [0.3, 0.4) is 0 Å². The first-order chi connectivity index (χ1) is 11.6. The summed E-state index contributed by atoms with van der Waals surface area (Å²) in [5, 5.41) is 2.50. The number of carbonyl (C=O) groups is 2. The fraction of sp³-hybridized carbons (Fsp3) is 0.222. The highest BCUT2D eigenvalue weighted by molar-refractivity contribution is 5.96. The van der Waals surface area contributed by atoms with Crippen LogP contribution in [0.4, 0.5) is 13.6 Å². The Morgan fingerprint density at radius 2 is 1.79 bits per heavy atom. The third kappa shape index (κ3) is 5.46. The molecule has 2 aromatic carbocycles. The minimum atomic E-state index is -0.753. The quantitative estimate of drug-likeness (QED) is 0.618. The lowest BCUT2D eigenvalue weighted by atomic mass is 10.1. The molecule has 2 aromatic rings. The molecule has 0 spiro atoms. The zero-order valence-corrected chi connectivity index (χ0v) is 12.9. The lowest BCUT2D eigenvalue weighted by molar-refractivity contribution is 0.0973. The maximum atomic E-state index is 13.4. The molecular weight excluding hydrogens is 316 g/mol. The van der Waals surface area contributed by atoms with E-state index in [-0.39, 0.29) is 25.1 Å². The van der Waals surface area contributed by atoms with Crippen LogP contribution in [-0.4, -0.2) is 18.4 Å². The molecule has 0 aromatic heterocycles. The Hall–Kier alpha value is -2.76. The fourth-order valence-electron chi connectivity index (χ4n) is 2.06. The van der Waals surface area contributed by atoms with Crippen LogP contribution in [0.15, 0.2) is 48.5 Å². The molecule has 0 saturated heterocycles. The molecular formula is C18H17F2NO3. The lowest BCUT2D eigenvalue weighted by Crippen LogP contribution is -2.25. The van der Waals surface area contributed by atoms with Crippen LogP contribution in [0, 0.1) is 11.6 Å². The smallest absolute Gasteiger partial charge is 0.407 e. The molecule has 126 valence electrons. The summed E-state index contributed by atoms with van der Waals surface area (Å²) in [6, 6.07) is 12.0. The van der Waals surface area contributed by atoms with E-state index < -0.39 is 23.5 Å². The molecule has 2 rings (SSSR count). The molecule has 0 aliphatic heterocycles. The molecule has 0 saturated carbocycles. The summed E-state index contributed by atoms with van der Waals surface area (Å²) < 4.78 is 31.5. The van der Waals surface area contributed by atoms with E-state index in [0.717, 1.165) is 23.8 Å². The number of amides is 1. The summed E-state index contributed by atoms with van der Waals surface area (Å²) in [6.07, 6.45) is -0.294. The predicted molar refractivity (Wildman–Crippen MR) is 84.6 cm³/mol. The van der Waals surface area contributed by atoms with Gasteiger partial charge in [0.25, 0.3) is 0 Å². The zero-order valence-electron chi connectivity index (χ0n) is 12.9. The van der Waals surface area contributed by atoms with Crippen molar-refractivity contribution in [2.24, 2.45) is 0 Å². The number of ether oxygens (including phenoxy) is 1. The van der Waals surface area contributed by atoms with Gasteiger partial charge in [-0.2, -0.15) is 0 Å². The lowest BCUT2D eigenvalue weighted by Gasteiger charge is -2.07. The van der Waals surface area contributed by atoms with Gasteiger partial charge in [-0.25, -0.2) is 13.6 Å². The fourth-order valence-corrected chi connectivity index (χ4v) is 2.06. The molecule has 0 aliphatic rings. The maximum Gasteiger partial charge on any atom is 0.407 e. The normalized spacial score (nSPS) is 10.2. The van der Waals surface area contributed by atoms with Gasteiger partial charge in [-0.1, -0.05) is 30.3 Å². The highest BCUT2D eigenvalue weighted by atomic mass is 19.1. The van der Waals surface area contributed by atoms with Gasteiger partial charge in [-0.15, -0.1) is 0 Å². The Labute approximate surface area is 138 Å². The van der Waals surface area contributed by atoms with Gasteiger partial charge >= 0.3 is 6.09 Å². The molecule has 6 heteroatoms. The first kappa shape index (κ1) is 17.6. The third-order valence-corrected chi connectivity index (χ3v) is 3.29. The first-order valence-electron chi connectivity index (χ1n) is 7.49. The van der Waals surface area contributed by atoms with Gasteiger partial charge in [0.1, 0.15) is 18.2 Å². The van der Waals surface area contributed by atoms with E-state index in [1.54, 1.807) is 0 Å². The Balaban J connectivity index is 1.68. The highest BCUT2D eigenvalue weighted by Gasteiger charge is 2.12. The Bertz CT molecular complexity index is 705. The van der Waals surface area contributed by atoms with Crippen molar-refractivity contribution >= 4 is 11.9 Å². The zero-order chi connectivity index (χ0) is 17.4. The van der Waals surface area contributed by atoms with Crippen molar-refractivity contribution in [1.29, 1.82) is 0 Å². The minimum absolute atomic E-state index is 0.000656. The molecule has 1 amide bonds. The molecule has 0 fully saturated rings. The third-order valence-electron chi connectivity index (χ3n) is 3.29. The number of carbonyl (C=O) groups excluding carboxylic acids is 2. The number of hydrogen-bond acceptors (Lipinski definition) is 3. The van der Waals surface area contributed by atoms with Gasteiger partial charge in [-0.3, -0.25) is 4.79 Å². The van der Waals surface area contributed by atoms with Crippen molar-refractivity contribution in [3.05, 3.63) is 71.3 Å². The van der Waals surface area contributed by atoms with E-state index in [9.17, 15) is 18.4 Å². The molecule has 24 heavy (non-hydrogen) atoms. The van der Waals surface area contributed by atoms with Crippen molar-refractivity contribution < 1.29 is 23.1 Å². The van der Waals surface area contributed by atoms with E-state index >= 15 is 0 Å². The van der Waals surface area contributed by atoms with E-state index in [2.05, 4.69) is 5.32 Å². The molecule has 0 bridgehead atoms. The van der Waals surface area contributed by atoms with Crippen LogP contribution < -0.4 is 5.32 Å². The van der Waals surface area contributed by atoms with Crippen LogP contribution in [0.5, 0.6) is 0 Å². The van der Waals surface area contributed by atoms with E-state index in [4.69, 9.17) is 4.74 Å². The minimum Gasteiger partial charge on any atom is -0.445 e. The molecule has 0 heterocycles. The standard InChI is InChI=1S/C18H17F2NO3/c19-14-8-9-16(20)15(11-14)17(22)7-4-10-21-18(23)24-12-13-5-2-1-3-6-13/h1-3,5-6,8-9,11H,4,7,10,12H2,(H,21,23). The molecule has 1 N–H and O–H groups in total. The average molecular weight is 333 g/mol. The van der Waals surface area contributed by atoms with Gasteiger partial charge in [0.15, 0.2) is 5.78 Å². The molecule has 0 atom stereocenters. The summed E-state index contributed by atoms with van der Waals surface area (Å²) in [7, 11) is 0. The van der Waals surface area contributed by atoms with Crippen LogP contribution in [0.25, 0.3) is 0 Å². The Kier molecular flexibility index (Phi) is 6.42. The summed E-state index contributed by atoms with van der Waals surface area (Å²) >= 11 is 0. The summed E-state index contributed by atoms with van der Waals surface area (Å²) in [6.45, 7) is 0.358. The largest absolute Gasteiger partial charge is 0.445 e. The molecule has 0 aliphatic carbocycles. The SMILES string of the molecule is O=C(NCCCC(=O)c1cc(F)ccc1F)OCc1ccccc1. The van der Waals surface area contributed by atoms with Gasteiger partial charge in [0.05, 0.1) is 5.56 Å². The number of halogens is 2. The average Bonchev–Trinajstić information content (AvgIpc) is 2.59. The second-order valence-corrected chi connectivity index (χ2v) is 5.14. The number of rotatable bonds is 7. The van der Waals surface area contributed by atoms with Gasteiger partial charge in [0, 0.05) is 13.0 Å². The van der Waals surface area contributed by atoms with Gasteiger partial charge < -0.3 is 10.1 Å². The topological polar surface area (TPSA) is 55.4 Å². The highest BCUT2D eigenvalue weighted by Crippen LogP contribution is 2.12. The van der Waals surface area contributed by atoms with Crippen LogP contribution in [0.2, 0.25) is 0 Å². The van der Waals surface area contributed by atoms with Crippen LogP contribution in [-0.2, 0) is 11.3 Å². The number of benzene rings is 2. The number of nitrogens with one attached hydrogen (secondary N) is 1. The predicted octanol–water partition coefficient (Wildman–Crippen LogP) is 3.85. The summed E-state index contributed by atoms with van der Waals surface area (Å²) in [5.74, 6) is -1.93. The first-order valence-corrected chi connectivity index (χ1v) is 7.49. The van der Waals surface area contributed by atoms with Gasteiger partial charge in [-0.05, 0) is 30.2 Å². The number of ketones is 1. The summed E-state index contributed by atoms with van der Waals surface area (Å²) in [5.41, 5.74) is 0.589. The van der Waals surface area contributed by atoms with E-state index in [1.165, 1.54) is 0 Å². The van der Waals surface area contributed by atoms with Crippen LogP contribution >= 0.6 is 0 Å². The van der Waals surface area contributed by atoms with E-state index in [1.807, 2.05) is 30.3 Å². The maximum absolute atomic E-state index is 13.4. The van der Waals surface area contributed by atoms with Crippen molar-refractivity contribution in [3.8, 4) is 0 Å². The second-order valence-electron chi connectivity index (χ2n) is 5.14. The Morgan fingerprint density at radius 1 is 1.04 bits per heavy atom. The van der Waals surface area contributed by atoms with Gasteiger partial charge in [0.2, 0.25) is 0 Å². The number of hydrogen-bond donors (Lipinski definition) is 1. The van der Waals surface area contributed by atoms with E-state index in [0.29, 0.717) is 6.42 Å². The van der Waals surface area contributed by atoms with Crippen molar-refractivity contribution in [3.63, 3.8) is 0 Å². The monoisotopic (exact) mass is 333 g/mol. The summed E-state index contributed by atoms with van der Waals surface area (Å²) in [4.78, 5) is 23.3. The van der Waals surface area contributed by atoms with Crippen molar-refractivity contribution in [1.82, 2.24) is 5.32 Å². The molecule has 0 unspecified atom stereocenters. The van der Waals surface area contributed by atoms with Crippen LogP contribution in [0.1, 0.15) is 28.8 Å². The second kappa shape index (κ2) is 8.76. The molecule has 4 nitrogen and oxygen atoms in total. The Morgan fingerprint density at radius 3 is 2.54 bits per heavy atom. The number of Topliss-reactive ketones (excluding diaryl/α,β-unsaturated/α-hetero) is 1. The molecule has 0 radical (unpaired) electrons. The van der Waals surface area contributed by atoms with Crippen molar-refractivity contribution in [2.45, 2.75) is 19.4 Å². The van der Waals surface area contributed by atoms with Crippen molar-refractivity contribution in [2.75, 3.05) is 6.54 Å².